The molecule has 1 heteroatoms. The Hall–Kier alpha value is -0.560. The molecule has 54 valence electrons. The summed E-state index contributed by atoms with van der Waals surface area (Å²) in [6, 6.07) is 2.16. The zero-order valence-electron chi connectivity index (χ0n) is 6.42. The van der Waals surface area contributed by atoms with Crippen LogP contribution < -0.4 is 0 Å². The van der Waals surface area contributed by atoms with Crippen molar-refractivity contribution < 1.29 is 0 Å². The van der Waals surface area contributed by atoms with Crippen LogP contribution in [0, 0.1) is 6.92 Å². The quantitative estimate of drug-likeness (QED) is 0.608. The first kappa shape index (κ1) is 7.55. The second-order valence-corrected chi connectivity index (χ2v) is 3.36. The fourth-order valence-corrected chi connectivity index (χ4v) is 1.50. The van der Waals surface area contributed by atoms with Gasteiger partial charge in [-0.25, -0.2) is 0 Å². The largest absolute Gasteiger partial charge is 0.149 e. The summed E-state index contributed by atoms with van der Waals surface area (Å²) in [4.78, 5) is 1.41. The first-order valence-electron chi connectivity index (χ1n) is 3.55. The van der Waals surface area contributed by atoms with Gasteiger partial charge < -0.3 is 0 Å². The van der Waals surface area contributed by atoms with E-state index in [9.17, 15) is 0 Å². The van der Waals surface area contributed by atoms with E-state index in [1.165, 1.54) is 10.4 Å². The molecule has 0 bridgehead atoms. The summed E-state index contributed by atoms with van der Waals surface area (Å²) in [6.45, 7) is 4.30. The molecule has 0 unspecified atom stereocenters. The van der Waals surface area contributed by atoms with Crippen molar-refractivity contribution in [3.8, 4) is 0 Å². The van der Waals surface area contributed by atoms with E-state index in [1.54, 1.807) is 11.3 Å². The minimum absolute atomic E-state index is 1.12. The van der Waals surface area contributed by atoms with E-state index < -0.39 is 0 Å². The average molecular weight is 152 g/mol. The van der Waals surface area contributed by atoms with E-state index in [2.05, 4.69) is 37.4 Å². The van der Waals surface area contributed by atoms with Crippen molar-refractivity contribution in [1.29, 1.82) is 0 Å². The van der Waals surface area contributed by atoms with Crippen LogP contribution in [0.1, 0.15) is 23.8 Å². The fourth-order valence-electron chi connectivity index (χ4n) is 0.813. The first-order valence-corrected chi connectivity index (χ1v) is 4.43. The highest BCUT2D eigenvalue weighted by Gasteiger charge is 1.91. The Morgan fingerprint density at radius 2 is 2.40 bits per heavy atom. The van der Waals surface area contributed by atoms with Crippen molar-refractivity contribution >= 4 is 17.4 Å². The summed E-state index contributed by atoms with van der Waals surface area (Å²) in [5.41, 5.74) is 1.37. The molecule has 0 spiro atoms. The monoisotopic (exact) mass is 152 g/mol. The van der Waals surface area contributed by atoms with E-state index in [-0.39, 0.29) is 0 Å². The average Bonchev–Trinajstić information content (AvgIpc) is 2.31. The van der Waals surface area contributed by atoms with Crippen molar-refractivity contribution in [2.45, 2.75) is 20.3 Å². The normalized spacial score (nSPS) is 11.0. The molecule has 0 atom stereocenters. The van der Waals surface area contributed by atoms with Crippen LogP contribution in [-0.4, -0.2) is 0 Å². The molecule has 0 N–H and O–H groups in total. The van der Waals surface area contributed by atoms with Gasteiger partial charge in [-0.2, -0.15) is 0 Å². The second kappa shape index (κ2) is 3.57. The predicted octanol–water partition coefficient (Wildman–Crippen LogP) is 3.48. The predicted molar refractivity (Wildman–Crippen MR) is 48.4 cm³/mol. The summed E-state index contributed by atoms with van der Waals surface area (Å²) in [6.07, 6.45) is 5.50. The number of hydrogen-bond acceptors (Lipinski definition) is 1. The third-order valence-electron chi connectivity index (χ3n) is 1.43. The molecular formula is C9H12S. The lowest BCUT2D eigenvalue weighted by Gasteiger charge is -1.86. The molecule has 1 aromatic rings. The number of rotatable bonds is 2. The van der Waals surface area contributed by atoms with Gasteiger partial charge in [-0.05, 0) is 30.4 Å². The number of thiophene rings is 1. The van der Waals surface area contributed by atoms with E-state index >= 15 is 0 Å². The van der Waals surface area contributed by atoms with Crippen molar-refractivity contribution in [2.24, 2.45) is 0 Å². The lowest BCUT2D eigenvalue weighted by atomic mass is 10.2. The highest BCUT2D eigenvalue weighted by atomic mass is 32.1. The van der Waals surface area contributed by atoms with Gasteiger partial charge in [0.2, 0.25) is 0 Å². The molecule has 1 heterocycles. The van der Waals surface area contributed by atoms with Crippen LogP contribution in [0.2, 0.25) is 0 Å². The fraction of sp³-hybridized carbons (Fsp3) is 0.333. The Morgan fingerprint density at radius 3 is 2.90 bits per heavy atom. The van der Waals surface area contributed by atoms with Crippen LogP contribution in [0.3, 0.4) is 0 Å². The lowest BCUT2D eigenvalue weighted by molar-refractivity contribution is 1.23. The molecule has 0 radical (unpaired) electrons. The molecule has 10 heavy (non-hydrogen) atoms. The minimum atomic E-state index is 1.12. The van der Waals surface area contributed by atoms with Gasteiger partial charge in [0.05, 0.1) is 0 Å². The maximum atomic E-state index is 2.19. The Morgan fingerprint density at radius 1 is 1.60 bits per heavy atom. The number of hydrogen-bond donors (Lipinski definition) is 0. The van der Waals surface area contributed by atoms with Gasteiger partial charge in [0.15, 0.2) is 0 Å². The van der Waals surface area contributed by atoms with Gasteiger partial charge in [-0.1, -0.05) is 19.1 Å². The summed E-state index contributed by atoms with van der Waals surface area (Å²) in [5, 5.41) is 2.13. The highest BCUT2D eigenvalue weighted by Crippen LogP contribution is 2.16. The molecule has 0 saturated heterocycles. The smallest absolute Gasteiger partial charge is 0.00864 e. The zero-order valence-corrected chi connectivity index (χ0v) is 7.24. The van der Waals surface area contributed by atoms with Gasteiger partial charge in [0, 0.05) is 4.88 Å². The number of allylic oxidation sites excluding steroid dienone is 1. The van der Waals surface area contributed by atoms with Crippen molar-refractivity contribution in [3.05, 3.63) is 28.0 Å². The number of aryl methyl sites for hydroxylation is 1. The SMILES string of the molecule is CC/C=C/c1ccsc1C. The Balaban J connectivity index is 2.74. The molecule has 0 saturated carbocycles. The third-order valence-corrected chi connectivity index (χ3v) is 2.29. The van der Waals surface area contributed by atoms with Crippen LogP contribution in [0.15, 0.2) is 17.5 Å². The van der Waals surface area contributed by atoms with Gasteiger partial charge in [0.1, 0.15) is 0 Å². The zero-order chi connectivity index (χ0) is 7.40. The van der Waals surface area contributed by atoms with Crippen molar-refractivity contribution in [3.63, 3.8) is 0 Å². The molecular weight excluding hydrogens is 140 g/mol. The molecule has 0 fully saturated rings. The molecule has 0 aliphatic carbocycles. The van der Waals surface area contributed by atoms with E-state index in [0.29, 0.717) is 0 Å². The highest BCUT2D eigenvalue weighted by molar-refractivity contribution is 7.10. The first-order chi connectivity index (χ1) is 4.84. The van der Waals surface area contributed by atoms with Crippen molar-refractivity contribution in [2.75, 3.05) is 0 Å². The van der Waals surface area contributed by atoms with Crippen LogP contribution in [0.25, 0.3) is 6.08 Å². The summed E-state index contributed by atoms with van der Waals surface area (Å²) < 4.78 is 0. The third kappa shape index (κ3) is 1.71. The second-order valence-electron chi connectivity index (χ2n) is 2.24. The van der Waals surface area contributed by atoms with Crippen LogP contribution in [0.4, 0.5) is 0 Å². The molecule has 0 aromatic carbocycles. The molecule has 1 aromatic heterocycles. The maximum absolute atomic E-state index is 2.19. The van der Waals surface area contributed by atoms with E-state index in [4.69, 9.17) is 0 Å². The van der Waals surface area contributed by atoms with E-state index in [0.717, 1.165) is 6.42 Å². The van der Waals surface area contributed by atoms with Gasteiger partial charge in [-0.3, -0.25) is 0 Å². The molecule has 1 rings (SSSR count). The Labute approximate surface area is 66.2 Å². The van der Waals surface area contributed by atoms with Crippen LogP contribution in [0.5, 0.6) is 0 Å². The summed E-state index contributed by atoms with van der Waals surface area (Å²) in [5.74, 6) is 0. The Kier molecular flexibility index (Phi) is 2.69. The van der Waals surface area contributed by atoms with E-state index in [1.807, 2.05) is 0 Å². The van der Waals surface area contributed by atoms with Gasteiger partial charge in [0.25, 0.3) is 0 Å². The molecule has 0 aliphatic rings. The topological polar surface area (TPSA) is 0 Å². The van der Waals surface area contributed by atoms with Crippen LogP contribution >= 0.6 is 11.3 Å². The standard InChI is InChI=1S/C9H12S/c1-3-4-5-9-6-7-10-8(9)2/h4-7H,3H2,1-2H3/b5-4+. The molecule has 0 aliphatic heterocycles. The summed E-state index contributed by atoms with van der Waals surface area (Å²) in [7, 11) is 0. The van der Waals surface area contributed by atoms with Crippen molar-refractivity contribution in [1.82, 2.24) is 0 Å². The van der Waals surface area contributed by atoms with Gasteiger partial charge in [-0.15, -0.1) is 11.3 Å². The van der Waals surface area contributed by atoms with Crippen LogP contribution in [-0.2, 0) is 0 Å². The minimum Gasteiger partial charge on any atom is -0.149 e. The Bertz CT molecular complexity index is 220. The summed E-state index contributed by atoms with van der Waals surface area (Å²) >= 11 is 1.80. The van der Waals surface area contributed by atoms with Gasteiger partial charge >= 0.3 is 0 Å². The lowest BCUT2D eigenvalue weighted by Crippen LogP contribution is -1.66. The maximum Gasteiger partial charge on any atom is 0.00864 e. The molecule has 0 amide bonds. The molecule has 0 nitrogen and oxygen atoms in total.